The predicted octanol–water partition coefficient (Wildman–Crippen LogP) is 2.65. The molecule has 2 saturated heterocycles. The summed E-state index contributed by atoms with van der Waals surface area (Å²) in [5.74, 6) is 1.14. The van der Waals surface area contributed by atoms with E-state index < -0.39 is 0 Å². The third kappa shape index (κ3) is 2.81. The minimum Gasteiger partial charge on any atom is -0.338 e. The maximum atomic E-state index is 12.6. The monoisotopic (exact) mass is 264 g/mol. The van der Waals surface area contributed by atoms with Gasteiger partial charge >= 0.3 is 0 Å². The van der Waals surface area contributed by atoms with Crippen molar-refractivity contribution in [2.45, 2.75) is 69.9 Å². The summed E-state index contributed by atoms with van der Waals surface area (Å²) in [6, 6.07) is 1.15. The molecule has 1 saturated carbocycles. The van der Waals surface area contributed by atoms with E-state index in [4.69, 9.17) is 0 Å². The van der Waals surface area contributed by atoms with Gasteiger partial charge in [0.05, 0.1) is 0 Å². The Morgan fingerprint density at radius 2 is 1.63 bits per heavy atom. The van der Waals surface area contributed by atoms with Crippen molar-refractivity contribution in [3.05, 3.63) is 0 Å². The highest BCUT2D eigenvalue weighted by atomic mass is 16.2. The molecule has 0 spiro atoms. The van der Waals surface area contributed by atoms with Gasteiger partial charge in [0.1, 0.15) is 0 Å². The van der Waals surface area contributed by atoms with Crippen LogP contribution < -0.4 is 0 Å². The molecular weight excluding hydrogens is 236 g/mol. The average molecular weight is 264 g/mol. The number of amides is 1. The van der Waals surface area contributed by atoms with Gasteiger partial charge in [-0.1, -0.05) is 12.8 Å². The Kier molecular flexibility index (Phi) is 4.11. The third-order valence-electron chi connectivity index (χ3n) is 5.58. The second kappa shape index (κ2) is 5.82. The molecule has 0 aromatic carbocycles. The molecule has 1 amide bonds. The van der Waals surface area contributed by atoms with E-state index in [1.165, 1.54) is 57.9 Å². The van der Waals surface area contributed by atoms with E-state index in [-0.39, 0.29) is 0 Å². The zero-order valence-corrected chi connectivity index (χ0v) is 12.3. The second-order valence-electron chi connectivity index (χ2n) is 6.84. The molecule has 2 heterocycles. The molecule has 0 radical (unpaired) electrons. The summed E-state index contributed by atoms with van der Waals surface area (Å²) < 4.78 is 0. The molecular formula is C16H28N2O. The lowest BCUT2D eigenvalue weighted by molar-refractivity contribution is -0.134. The van der Waals surface area contributed by atoms with Crippen LogP contribution in [0.1, 0.15) is 57.8 Å². The van der Waals surface area contributed by atoms with Crippen LogP contribution in [0, 0.1) is 5.92 Å². The largest absolute Gasteiger partial charge is 0.338 e. The molecule has 3 nitrogen and oxygen atoms in total. The van der Waals surface area contributed by atoms with Crippen LogP contribution in [0.5, 0.6) is 0 Å². The zero-order valence-electron chi connectivity index (χ0n) is 12.3. The Bertz CT molecular complexity index is 325. The van der Waals surface area contributed by atoms with Crippen molar-refractivity contribution < 1.29 is 4.79 Å². The molecule has 0 aromatic heterocycles. The van der Waals surface area contributed by atoms with E-state index in [0.29, 0.717) is 23.9 Å². The molecule has 0 bridgehead atoms. The number of carbonyl (C=O) groups is 1. The van der Waals surface area contributed by atoms with Crippen LogP contribution in [0.15, 0.2) is 0 Å². The standard InChI is InChI=1S/C16H28N2O/c1-17-10-4-8-14(17)15-9-5-11-18(15)16(19)12-13-6-2-3-7-13/h13-15H,2-12H2,1H3. The first kappa shape index (κ1) is 13.4. The van der Waals surface area contributed by atoms with E-state index in [2.05, 4.69) is 16.8 Å². The van der Waals surface area contributed by atoms with Gasteiger partial charge in [0.25, 0.3) is 0 Å². The molecule has 19 heavy (non-hydrogen) atoms. The average Bonchev–Trinajstić information content (AvgIpc) is 3.07. The van der Waals surface area contributed by atoms with Crippen molar-refractivity contribution in [3.63, 3.8) is 0 Å². The van der Waals surface area contributed by atoms with E-state index in [9.17, 15) is 4.79 Å². The Hall–Kier alpha value is -0.570. The summed E-state index contributed by atoms with van der Waals surface area (Å²) in [5, 5.41) is 0. The summed E-state index contributed by atoms with van der Waals surface area (Å²) in [6.07, 6.45) is 11.1. The van der Waals surface area contributed by atoms with Gasteiger partial charge < -0.3 is 9.80 Å². The first-order valence-electron chi connectivity index (χ1n) is 8.25. The SMILES string of the molecule is CN1CCCC1C1CCCN1C(=O)CC1CCCC1. The van der Waals surface area contributed by atoms with Crippen LogP contribution in [0.4, 0.5) is 0 Å². The van der Waals surface area contributed by atoms with E-state index >= 15 is 0 Å². The second-order valence-corrected chi connectivity index (χ2v) is 6.84. The van der Waals surface area contributed by atoms with Crippen molar-refractivity contribution in [3.8, 4) is 0 Å². The van der Waals surface area contributed by atoms with Gasteiger partial charge in [0.2, 0.25) is 5.91 Å². The fourth-order valence-corrected chi connectivity index (χ4v) is 4.50. The normalized spacial score (nSPS) is 33.4. The molecule has 3 aliphatic rings. The minimum absolute atomic E-state index is 0.453. The number of hydrogen-bond donors (Lipinski definition) is 0. The molecule has 0 aromatic rings. The molecule has 108 valence electrons. The van der Waals surface area contributed by atoms with Gasteiger partial charge in [0, 0.05) is 25.0 Å². The lowest BCUT2D eigenvalue weighted by Crippen LogP contribution is -2.47. The smallest absolute Gasteiger partial charge is 0.223 e. The van der Waals surface area contributed by atoms with Gasteiger partial charge in [-0.2, -0.15) is 0 Å². The highest BCUT2D eigenvalue weighted by molar-refractivity contribution is 5.77. The van der Waals surface area contributed by atoms with Crippen LogP contribution in [-0.2, 0) is 4.79 Å². The summed E-state index contributed by atoms with van der Waals surface area (Å²) in [7, 11) is 2.23. The quantitative estimate of drug-likeness (QED) is 0.782. The number of hydrogen-bond acceptors (Lipinski definition) is 2. The van der Waals surface area contributed by atoms with E-state index in [0.717, 1.165) is 13.0 Å². The Morgan fingerprint density at radius 1 is 0.947 bits per heavy atom. The first-order chi connectivity index (χ1) is 9.25. The zero-order chi connectivity index (χ0) is 13.2. The minimum atomic E-state index is 0.453. The molecule has 3 fully saturated rings. The molecule has 3 rings (SSSR count). The van der Waals surface area contributed by atoms with Crippen molar-refractivity contribution >= 4 is 5.91 Å². The van der Waals surface area contributed by atoms with Crippen LogP contribution >= 0.6 is 0 Å². The van der Waals surface area contributed by atoms with Gasteiger partial charge in [-0.3, -0.25) is 4.79 Å². The summed E-state index contributed by atoms with van der Waals surface area (Å²) in [5.41, 5.74) is 0. The van der Waals surface area contributed by atoms with Crippen LogP contribution in [0.2, 0.25) is 0 Å². The van der Waals surface area contributed by atoms with Crippen molar-refractivity contribution in [1.82, 2.24) is 9.80 Å². The van der Waals surface area contributed by atoms with Crippen molar-refractivity contribution in [2.75, 3.05) is 20.1 Å². The van der Waals surface area contributed by atoms with Crippen molar-refractivity contribution in [1.29, 1.82) is 0 Å². The highest BCUT2D eigenvalue weighted by Crippen LogP contribution is 2.32. The van der Waals surface area contributed by atoms with E-state index in [1.807, 2.05) is 0 Å². The van der Waals surface area contributed by atoms with Crippen LogP contribution in [0.3, 0.4) is 0 Å². The number of rotatable bonds is 3. The van der Waals surface area contributed by atoms with E-state index in [1.54, 1.807) is 0 Å². The molecule has 3 heteroatoms. The Morgan fingerprint density at radius 3 is 2.32 bits per heavy atom. The number of nitrogens with zero attached hydrogens (tertiary/aromatic N) is 2. The first-order valence-corrected chi connectivity index (χ1v) is 8.25. The van der Waals surface area contributed by atoms with Gasteiger partial charge in [-0.05, 0) is 58.0 Å². The topological polar surface area (TPSA) is 23.6 Å². The molecule has 0 N–H and O–H groups in total. The predicted molar refractivity (Wildman–Crippen MR) is 77.0 cm³/mol. The summed E-state index contributed by atoms with van der Waals surface area (Å²) in [4.78, 5) is 17.3. The lowest BCUT2D eigenvalue weighted by atomic mass is 10.0. The molecule has 2 aliphatic heterocycles. The summed E-state index contributed by atoms with van der Waals surface area (Å²) in [6.45, 7) is 2.23. The Labute approximate surface area is 117 Å². The summed E-state index contributed by atoms with van der Waals surface area (Å²) >= 11 is 0. The third-order valence-corrected chi connectivity index (χ3v) is 5.58. The fourth-order valence-electron chi connectivity index (χ4n) is 4.50. The number of likely N-dealkylation sites (N-methyl/N-ethyl adjacent to an activating group) is 1. The molecule has 2 atom stereocenters. The maximum Gasteiger partial charge on any atom is 0.223 e. The highest BCUT2D eigenvalue weighted by Gasteiger charge is 2.38. The van der Waals surface area contributed by atoms with Gasteiger partial charge in [-0.15, -0.1) is 0 Å². The lowest BCUT2D eigenvalue weighted by Gasteiger charge is -2.33. The molecule has 2 unspecified atom stereocenters. The van der Waals surface area contributed by atoms with Crippen LogP contribution in [-0.4, -0.2) is 47.9 Å². The molecule has 1 aliphatic carbocycles. The number of likely N-dealkylation sites (tertiary alicyclic amines) is 2. The van der Waals surface area contributed by atoms with Gasteiger partial charge in [-0.25, -0.2) is 0 Å². The maximum absolute atomic E-state index is 12.6. The fraction of sp³-hybridized carbons (Fsp3) is 0.938. The Balaban J connectivity index is 1.60. The van der Waals surface area contributed by atoms with Crippen molar-refractivity contribution in [2.24, 2.45) is 5.92 Å². The van der Waals surface area contributed by atoms with Gasteiger partial charge in [0.15, 0.2) is 0 Å². The number of carbonyl (C=O) groups excluding carboxylic acids is 1. The van der Waals surface area contributed by atoms with Crippen LogP contribution in [0.25, 0.3) is 0 Å².